The Balaban J connectivity index is 3.28. The fourth-order valence-electron chi connectivity index (χ4n) is 1.58. The van der Waals surface area contributed by atoms with Crippen LogP contribution in [0.1, 0.15) is 32.8 Å². The summed E-state index contributed by atoms with van der Waals surface area (Å²) in [6, 6.07) is 3.97. The summed E-state index contributed by atoms with van der Waals surface area (Å²) in [7, 11) is -2.38. The average molecular weight is 288 g/mol. The van der Waals surface area contributed by atoms with E-state index in [1.54, 1.807) is 13.8 Å². The minimum absolute atomic E-state index is 0.174. The maximum atomic E-state index is 13.9. The van der Waals surface area contributed by atoms with E-state index in [0.29, 0.717) is 12.0 Å². The lowest BCUT2D eigenvalue weighted by molar-refractivity contribution is 0.256. The summed E-state index contributed by atoms with van der Waals surface area (Å²) in [5, 5.41) is 0. The monoisotopic (exact) mass is 288 g/mol. The number of halogens is 1. The highest BCUT2D eigenvalue weighted by molar-refractivity contribution is 7.89. The summed E-state index contributed by atoms with van der Waals surface area (Å²) in [5.74, 6) is -0.762. The third kappa shape index (κ3) is 3.13. The highest BCUT2D eigenvalue weighted by Crippen LogP contribution is 2.27. The van der Waals surface area contributed by atoms with Gasteiger partial charge in [-0.15, -0.1) is 0 Å². The van der Waals surface area contributed by atoms with Gasteiger partial charge < -0.3 is 5.73 Å². The van der Waals surface area contributed by atoms with Crippen molar-refractivity contribution in [1.82, 2.24) is 4.31 Å². The van der Waals surface area contributed by atoms with Crippen LogP contribution in [0.25, 0.3) is 0 Å². The van der Waals surface area contributed by atoms with Crippen molar-refractivity contribution in [3.63, 3.8) is 0 Å². The van der Waals surface area contributed by atoms with Crippen molar-refractivity contribution in [2.75, 3.05) is 7.05 Å². The molecule has 19 heavy (non-hydrogen) atoms. The predicted octanol–water partition coefficient (Wildman–Crippen LogP) is 2.09. The van der Waals surface area contributed by atoms with Crippen molar-refractivity contribution in [2.24, 2.45) is 5.73 Å². The van der Waals surface area contributed by atoms with Gasteiger partial charge in [0.2, 0.25) is 10.0 Å². The number of rotatable bonds is 5. The molecule has 108 valence electrons. The van der Waals surface area contributed by atoms with Crippen LogP contribution in [0.2, 0.25) is 0 Å². The Morgan fingerprint density at radius 2 is 1.95 bits per heavy atom. The fraction of sp³-hybridized carbons (Fsp3) is 0.538. The first-order valence-electron chi connectivity index (χ1n) is 6.14. The molecule has 0 atom stereocenters. The summed E-state index contributed by atoms with van der Waals surface area (Å²) in [6.45, 7) is 5.67. The van der Waals surface area contributed by atoms with Gasteiger partial charge in [-0.3, -0.25) is 0 Å². The summed E-state index contributed by atoms with van der Waals surface area (Å²) < 4.78 is 40.0. The molecular weight excluding hydrogens is 267 g/mol. The Bertz CT molecular complexity index is 556. The second-order valence-electron chi connectivity index (χ2n) is 5.11. The largest absolute Gasteiger partial charge is 0.326 e. The van der Waals surface area contributed by atoms with Crippen molar-refractivity contribution in [3.05, 3.63) is 29.6 Å². The lowest BCUT2D eigenvalue weighted by Crippen LogP contribution is -2.44. The minimum Gasteiger partial charge on any atom is -0.326 e. The molecule has 0 spiro atoms. The lowest BCUT2D eigenvalue weighted by atomic mass is 10.0. The first kappa shape index (κ1) is 16.1. The fourth-order valence-corrected chi connectivity index (χ4v) is 3.20. The number of hydrogen-bond acceptors (Lipinski definition) is 3. The van der Waals surface area contributed by atoms with Crippen LogP contribution in [0.5, 0.6) is 0 Å². The third-order valence-corrected chi connectivity index (χ3v) is 5.69. The quantitative estimate of drug-likeness (QED) is 0.902. The van der Waals surface area contributed by atoms with E-state index in [4.69, 9.17) is 5.73 Å². The first-order chi connectivity index (χ1) is 8.66. The van der Waals surface area contributed by atoms with Crippen LogP contribution in [0, 0.1) is 5.82 Å². The normalized spacial score (nSPS) is 13.0. The van der Waals surface area contributed by atoms with Crippen LogP contribution in [0.4, 0.5) is 4.39 Å². The van der Waals surface area contributed by atoms with E-state index >= 15 is 0 Å². The van der Waals surface area contributed by atoms with Gasteiger partial charge in [-0.25, -0.2) is 12.8 Å². The summed E-state index contributed by atoms with van der Waals surface area (Å²) in [5.41, 5.74) is 5.39. The molecule has 0 aromatic heterocycles. The Morgan fingerprint density at radius 1 is 1.37 bits per heavy atom. The summed E-state index contributed by atoms with van der Waals surface area (Å²) in [6.07, 6.45) is 0.630. The molecule has 4 nitrogen and oxygen atoms in total. The minimum atomic E-state index is -3.85. The van der Waals surface area contributed by atoms with Gasteiger partial charge in [0.25, 0.3) is 0 Å². The number of nitrogens with zero attached hydrogens (tertiary/aromatic N) is 1. The van der Waals surface area contributed by atoms with Crippen molar-refractivity contribution < 1.29 is 12.8 Å². The van der Waals surface area contributed by atoms with Crippen molar-refractivity contribution in [1.29, 1.82) is 0 Å². The molecule has 2 N–H and O–H groups in total. The zero-order chi connectivity index (χ0) is 14.8. The van der Waals surface area contributed by atoms with Crippen LogP contribution < -0.4 is 5.73 Å². The molecular formula is C13H21FN2O2S. The maximum absolute atomic E-state index is 13.9. The average Bonchev–Trinajstić information content (AvgIpc) is 2.37. The molecule has 0 aliphatic heterocycles. The SMILES string of the molecule is CCC(C)(C)N(C)S(=O)(=O)c1ccc(CN)cc1F. The van der Waals surface area contributed by atoms with E-state index in [9.17, 15) is 12.8 Å². The van der Waals surface area contributed by atoms with E-state index in [2.05, 4.69) is 0 Å². The molecule has 0 unspecified atom stereocenters. The van der Waals surface area contributed by atoms with E-state index in [1.165, 1.54) is 29.6 Å². The van der Waals surface area contributed by atoms with Crippen LogP contribution in [-0.2, 0) is 16.6 Å². The molecule has 0 aliphatic rings. The zero-order valence-electron chi connectivity index (χ0n) is 11.8. The molecule has 1 aromatic rings. The van der Waals surface area contributed by atoms with Gasteiger partial charge in [0.1, 0.15) is 10.7 Å². The zero-order valence-corrected chi connectivity index (χ0v) is 12.6. The third-order valence-electron chi connectivity index (χ3n) is 3.59. The molecule has 0 aliphatic carbocycles. The second kappa shape index (κ2) is 5.56. The van der Waals surface area contributed by atoms with E-state index in [1.807, 2.05) is 6.92 Å². The van der Waals surface area contributed by atoms with Crippen molar-refractivity contribution >= 4 is 10.0 Å². The van der Waals surface area contributed by atoms with Gasteiger partial charge in [-0.2, -0.15) is 4.31 Å². The molecule has 0 saturated heterocycles. The van der Waals surface area contributed by atoms with Crippen LogP contribution in [0.15, 0.2) is 23.1 Å². The van der Waals surface area contributed by atoms with Gasteiger partial charge in [0.05, 0.1) is 0 Å². The lowest BCUT2D eigenvalue weighted by Gasteiger charge is -2.33. The van der Waals surface area contributed by atoms with Crippen LogP contribution in [-0.4, -0.2) is 25.3 Å². The van der Waals surface area contributed by atoms with Gasteiger partial charge >= 0.3 is 0 Å². The molecule has 1 aromatic carbocycles. The smallest absolute Gasteiger partial charge is 0.246 e. The number of benzene rings is 1. The Morgan fingerprint density at radius 3 is 2.37 bits per heavy atom. The topological polar surface area (TPSA) is 63.4 Å². The standard InChI is InChI=1S/C13H21FN2O2S/c1-5-13(2,3)16(4)19(17,18)12-7-6-10(9-15)8-11(12)14/h6-8H,5,9,15H2,1-4H3. The molecule has 0 bridgehead atoms. The molecule has 0 fully saturated rings. The van der Waals surface area contributed by atoms with Gasteiger partial charge in [-0.1, -0.05) is 13.0 Å². The Hall–Kier alpha value is -0.980. The van der Waals surface area contributed by atoms with Crippen LogP contribution in [0.3, 0.4) is 0 Å². The Labute approximate surface area is 114 Å². The molecule has 1 rings (SSSR count). The number of sulfonamides is 1. The molecule has 0 radical (unpaired) electrons. The van der Waals surface area contributed by atoms with Gasteiger partial charge in [0.15, 0.2) is 0 Å². The Kier molecular flexibility index (Phi) is 4.71. The van der Waals surface area contributed by atoms with Crippen molar-refractivity contribution in [2.45, 2.75) is 44.2 Å². The molecule has 0 amide bonds. The highest BCUT2D eigenvalue weighted by atomic mass is 32.2. The molecule has 0 heterocycles. The maximum Gasteiger partial charge on any atom is 0.246 e. The second-order valence-corrected chi connectivity index (χ2v) is 7.05. The van der Waals surface area contributed by atoms with Gasteiger partial charge in [0, 0.05) is 19.1 Å². The predicted molar refractivity (Wildman–Crippen MR) is 73.6 cm³/mol. The van der Waals surface area contributed by atoms with E-state index in [-0.39, 0.29) is 11.4 Å². The van der Waals surface area contributed by atoms with Gasteiger partial charge in [-0.05, 0) is 38.0 Å². The highest BCUT2D eigenvalue weighted by Gasteiger charge is 2.34. The van der Waals surface area contributed by atoms with E-state index < -0.39 is 21.4 Å². The molecule has 6 heteroatoms. The molecule has 0 saturated carbocycles. The summed E-state index contributed by atoms with van der Waals surface area (Å²) >= 11 is 0. The van der Waals surface area contributed by atoms with Crippen molar-refractivity contribution in [3.8, 4) is 0 Å². The van der Waals surface area contributed by atoms with Crippen LogP contribution >= 0.6 is 0 Å². The first-order valence-corrected chi connectivity index (χ1v) is 7.58. The number of nitrogens with two attached hydrogens (primary N) is 1. The summed E-state index contributed by atoms with van der Waals surface area (Å²) in [4.78, 5) is -0.311. The number of hydrogen-bond donors (Lipinski definition) is 1. The van der Waals surface area contributed by atoms with E-state index in [0.717, 1.165) is 0 Å².